The summed E-state index contributed by atoms with van der Waals surface area (Å²) in [4.78, 5) is 17.0. The average molecular weight is 453 g/mol. The van der Waals surface area contributed by atoms with E-state index in [4.69, 9.17) is 16.3 Å². The molecule has 164 valence electrons. The minimum absolute atomic E-state index is 0.0375. The molecular weight excluding hydrogens is 433 g/mol. The maximum Gasteiger partial charge on any atom is 0.433 e. The zero-order valence-corrected chi connectivity index (χ0v) is 17.4. The number of fused-ring (bicyclic) bond motifs is 1. The Kier molecular flexibility index (Phi) is 5.79. The fraction of sp³-hybridized carbons (Fsp3) is 0.381. The summed E-state index contributed by atoms with van der Waals surface area (Å²) in [5.74, 6) is -0.127. The summed E-state index contributed by atoms with van der Waals surface area (Å²) in [6, 6.07) is 7.35. The third kappa shape index (κ3) is 4.32. The van der Waals surface area contributed by atoms with Crippen LogP contribution < -0.4 is 10.1 Å². The third-order valence-electron chi connectivity index (χ3n) is 5.34. The lowest BCUT2D eigenvalue weighted by Crippen LogP contribution is -2.36. The van der Waals surface area contributed by atoms with E-state index in [1.54, 1.807) is 24.3 Å². The fourth-order valence-electron chi connectivity index (χ4n) is 3.77. The number of hydrogen-bond donors (Lipinski definition) is 1. The van der Waals surface area contributed by atoms with E-state index in [-0.39, 0.29) is 28.1 Å². The molecule has 0 saturated heterocycles. The lowest BCUT2D eigenvalue weighted by Gasteiger charge is -2.22. The predicted octanol–water partition coefficient (Wildman–Crippen LogP) is 5.14. The summed E-state index contributed by atoms with van der Waals surface area (Å²) in [5.41, 5.74) is -1.12. The molecule has 2 heterocycles. The van der Waals surface area contributed by atoms with E-state index < -0.39 is 17.8 Å². The van der Waals surface area contributed by atoms with Crippen molar-refractivity contribution < 1.29 is 22.7 Å². The summed E-state index contributed by atoms with van der Waals surface area (Å²) in [7, 11) is 1.46. The first kappa shape index (κ1) is 21.4. The number of amides is 1. The predicted molar refractivity (Wildman–Crippen MR) is 109 cm³/mol. The minimum atomic E-state index is -4.73. The van der Waals surface area contributed by atoms with Crippen molar-refractivity contribution in [3.8, 4) is 17.0 Å². The average Bonchev–Trinajstić information content (AvgIpc) is 3.09. The molecule has 1 aliphatic rings. The summed E-state index contributed by atoms with van der Waals surface area (Å²) in [6.45, 7) is 0. The van der Waals surface area contributed by atoms with Gasteiger partial charge >= 0.3 is 6.18 Å². The van der Waals surface area contributed by atoms with Crippen LogP contribution in [0.5, 0.6) is 5.75 Å². The second-order valence-electron chi connectivity index (χ2n) is 7.46. The van der Waals surface area contributed by atoms with Crippen molar-refractivity contribution >= 4 is 23.2 Å². The molecule has 31 heavy (non-hydrogen) atoms. The monoisotopic (exact) mass is 452 g/mol. The van der Waals surface area contributed by atoms with Crippen molar-refractivity contribution in [1.82, 2.24) is 19.9 Å². The number of carbonyl (C=O) groups is 1. The fourth-order valence-corrected chi connectivity index (χ4v) is 4.02. The van der Waals surface area contributed by atoms with Gasteiger partial charge in [0.05, 0.1) is 12.8 Å². The summed E-state index contributed by atoms with van der Waals surface area (Å²) in [5, 5.41) is 6.49. The van der Waals surface area contributed by atoms with Crippen LogP contribution in [0.2, 0.25) is 5.02 Å². The highest BCUT2D eigenvalue weighted by Gasteiger charge is 2.37. The Hall–Kier alpha value is -2.81. The Morgan fingerprint density at radius 1 is 1.23 bits per heavy atom. The maximum atomic E-state index is 13.8. The molecule has 0 spiro atoms. The van der Waals surface area contributed by atoms with Crippen LogP contribution in [0.15, 0.2) is 30.3 Å². The van der Waals surface area contributed by atoms with Gasteiger partial charge in [-0.05, 0) is 31.0 Å². The number of nitrogens with zero attached hydrogens (tertiary/aromatic N) is 3. The van der Waals surface area contributed by atoms with Crippen molar-refractivity contribution in [1.29, 1.82) is 0 Å². The smallest absolute Gasteiger partial charge is 0.433 e. The van der Waals surface area contributed by atoms with E-state index in [0.29, 0.717) is 15.8 Å². The first-order valence-electron chi connectivity index (χ1n) is 9.89. The molecule has 1 N–H and O–H groups in total. The molecule has 1 saturated carbocycles. The number of nitrogens with one attached hydrogen (secondary N) is 1. The van der Waals surface area contributed by atoms with Gasteiger partial charge in [-0.15, -0.1) is 0 Å². The van der Waals surface area contributed by atoms with Crippen molar-refractivity contribution in [2.75, 3.05) is 7.11 Å². The van der Waals surface area contributed by atoms with Crippen LogP contribution >= 0.6 is 11.6 Å². The van der Waals surface area contributed by atoms with Crippen molar-refractivity contribution in [2.24, 2.45) is 0 Å². The molecule has 0 radical (unpaired) electrons. The van der Waals surface area contributed by atoms with Crippen molar-refractivity contribution in [3.05, 3.63) is 46.7 Å². The largest absolute Gasteiger partial charge is 0.497 e. The number of methoxy groups -OCH3 is 1. The summed E-state index contributed by atoms with van der Waals surface area (Å²) < 4.78 is 47.2. The van der Waals surface area contributed by atoms with Crippen LogP contribution in [0.4, 0.5) is 13.2 Å². The van der Waals surface area contributed by atoms with Gasteiger partial charge in [-0.1, -0.05) is 43.0 Å². The van der Waals surface area contributed by atoms with Crippen LogP contribution in [0.1, 0.15) is 48.3 Å². The van der Waals surface area contributed by atoms with E-state index in [9.17, 15) is 18.0 Å². The number of rotatable bonds is 4. The molecule has 1 aliphatic carbocycles. The molecule has 4 rings (SSSR count). The minimum Gasteiger partial charge on any atom is -0.497 e. The van der Waals surface area contributed by atoms with Crippen molar-refractivity contribution in [3.63, 3.8) is 0 Å². The van der Waals surface area contributed by atoms with E-state index >= 15 is 0 Å². The van der Waals surface area contributed by atoms with E-state index in [1.807, 2.05) is 0 Å². The van der Waals surface area contributed by atoms with Gasteiger partial charge in [0.1, 0.15) is 10.8 Å². The molecule has 0 unspecified atom stereocenters. The molecule has 2 aromatic heterocycles. The number of halogens is 4. The number of hydrogen-bond acceptors (Lipinski definition) is 4. The first-order valence-corrected chi connectivity index (χ1v) is 10.3. The summed E-state index contributed by atoms with van der Waals surface area (Å²) in [6.07, 6.45) is 0.00124. The molecule has 1 aromatic carbocycles. The van der Waals surface area contributed by atoms with Crippen LogP contribution in [0.25, 0.3) is 16.9 Å². The Morgan fingerprint density at radius 2 is 1.97 bits per heavy atom. The van der Waals surface area contributed by atoms with Crippen LogP contribution in [-0.2, 0) is 6.18 Å². The molecule has 0 atom stereocenters. The first-order chi connectivity index (χ1) is 14.8. The van der Waals surface area contributed by atoms with Gasteiger partial charge in [-0.3, -0.25) is 4.79 Å². The number of aromatic nitrogens is 3. The van der Waals surface area contributed by atoms with Crippen LogP contribution in [0, 0.1) is 0 Å². The molecular formula is C21H20ClF3N4O2. The van der Waals surface area contributed by atoms with E-state index in [0.717, 1.165) is 38.2 Å². The summed E-state index contributed by atoms with van der Waals surface area (Å²) >= 11 is 6.31. The van der Waals surface area contributed by atoms with E-state index in [2.05, 4.69) is 15.4 Å². The van der Waals surface area contributed by atoms with Gasteiger partial charge < -0.3 is 10.1 Å². The van der Waals surface area contributed by atoms with Gasteiger partial charge in [0.15, 0.2) is 17.0 Å². The lowest BCUT2D eigenvalue weighted by molar-refractivity contribution is -0.142. The SMILES string of the molecule is COc1cccc(-c2cc(C(F)(F)F)n3nc(C(=O)NC4CCCCC4)c(Cl)c3n2)c1. The van der Waals surface area contributed by atoms with Crippen molar-refractivity contribution in [2.45, 2.75) is 44.3 Å². The molecule has 6 nitrogen and oxygen atoms in total. The van der Waals surface area contributed by atoms with Gasteiger partial charge in [0.2, 0.25) is 0 Å². The Bertz CT molecular complexity index is 1120. The Balaban J connectivity index is 1.81. The molecule has 1 amide bonds. The van der Waals surface area contributed by atoms with Crippen LogP contribution in [-0.4, -0.2) is 33.7 Å². The zero-order valence-electron chi connectivity index (χ0n) is 16.7. The lowest BCUT2D eigenvalue weighted by atomic mass is 9.95. The molecule has 10 heteroatoms. The standard InChI is InChI=1S/C21H20ClF3N4O2/c1-31-14-9-5-6-12(10-14)15-11-16(21(23,24)25)29-19(27-15)17(22)18(28-29)20(30)26-13-7-3-2-4-8-13/h5-6,9-11,13H,2-4,7-8H2,1H3,(H,26,30). The van der Waals surface area contributed by atoms with Gasteiger partial charge in [-0.25, -0.2) is 9.50 Å². The Morgan fingerprint density at radius 3 is 2.65 bits per heavy atom. The number of alkyl halides is 3. The van der Waals surface area contributed by atoms with Crippen LogP contribution in [0.3, 0.4) is 0 Å². The maximum absolute atomic E-state index is 13.8. The van der Waals surface area contributed by atoms with Gasteiger partial charge in [-0.2, -0.15) is 18.3 Å². The quantitative estimate of drug-likeness (QED) is 0.595. The zero-order chi connectivity index (χ0) is 22.2. The highest BCUT2D eigenvalue weighted by Crippen LogP contribution is 2.35. The Labute approximate surface area is 181 Å². The van der Waals surface area contributed by atoms with Gasteiger partial charge in [0, 0.05) is 11.6 Å². The number of ether oxygens (including phenoxy) is 1. The normalized spacial score (nSPS) is 15.3. The second-order valence-corrected chi connectivity index (χ2v) is 7.84. The third-order valence-corrected chi connectivity index (χ3v) is 5.69. The van der Waals surface area contributed by atoms with E-state index in [1.165, 1.54) is 7.11 Å². The number of benzene rings is 1. The highest BCUT2D eigenvalue weighted by atomic mass is 35.5. The molecule has 1 fully saturated rings. The molecule has 0 aliphatic heterocycles. The number of carbonyl (C=O) groups excluding carboxylic acids is 1. The topological polar surface area (TPSA) is 68.5 Å². The second kappa shape index (κ2) is 8.37. The molecule has 0 bridgehead atoms. The highest BCUT2D eigenvalue weighted by molar-refractivity contribution is 6.36. The molecule has 3 aromatic rings. The van der Waals surface area contributed by atoms with Gasteiger partial charge in [0.25, 0.3) is 5.91 Å².